The molecule has 0 amide bonds. The lowest BCUT2D eigenvalue weighted by atomic mass is 9.70. The van der Waals surface area contributed by atoms with Crippen molar-refractivity contribution >= 4 is 23.0 Å². The predicted molar refractivity (Wildman–Crippen MR) is 132 cm³/mol. The molecule has 0 fully saturated rings. The van der Waals surface area contributed by atoms with Gasteiger partial charge >= 0.3 is 0 Å². The standard InChI is InChI=1S/C27H23ClN4O3/c1-27(2)12-19(33)22-20(13-27)35-26-23(21(22)15-6-10-18(34-3)11-7-15)25-30-24(31-32(25)14-29-26)16-4-8-17(28)9-5-16/h4-11,14,21H,12-13H2,1-3H3. The molecule has 1 aliphatic heterocycles. The minimum absolute atomic E-state index is 0.0853. The first-order valence-electron chi connectivity index (χ1n) is 11.4. The summed E-state index contributed by atoms with van der Waals surface area (Å²) >= 11 is 6.06. The summed E-state index contributed by atoms with van der Waals surface area (Å²) in [7, 11) is 1.63. The summed E-state index contributed by atoms with van der Waals surface area (Å²) in [5, 5.41) is 5.29. The van der Waals surface area contributed by atoms with Crippen molar-refractivity contribution in [3.63, 3.8) is 0 Å². The number of nitrogens with zero attached hydrogens (tertiary/aromatic N) is 4. The summed E-state index contributed by atoms with van der Waals surface area (Å²) in [6.45, 7) is 4.17. The van der Waals surface area contributed by atoms with E-state index >= 15 is 0 Å². The summed E-state index contributed by atoms with van der Waals surface area (Å²) in [5.74, 6) is 2.15. The number of aromatic nitrogens is 4. The van der Waals surface area contributed by atoms with Crippen LogP contribution in [-0.4, -0.2) is 32.5 Å². The van der Waals surface area contributed by atoms with Crippen LogP contribution in [-0.2, 0) is 4.79 Å². The quantitative estimate of drug-likeness (QED) is 0.374. The van der Waals surface area contributed by atoms with Gasteiger partial charge in [-0.3, -0.25) is 4.79 Å². The number of methoxy groups -OCH3 is 1. The van der Waals surface area contributed by atoms with E-state index in [4.69, 9.17) is 26.1 Å². The fourth-order valence-corrected chi connectivity index (χ4v) is 5.12. The molecule has 1 atom stereocenters. The highest BCUT2D eigenvalue weighted by Gasteiger charge is 2.44. The highest BCUT2D eigenvalue weighted by molar-refractivity contribution is 6.30. The Morgan fingerprint density at radius 1 is 1.09 bits per heavy atom. The molecule has 8 heteroatoms. The number of benzene rings is 2. The van der Waals surface area contributed by atoms with Crippen molar-refractivity contribution in [3.05, 3.63) is 82.3 Å². The van der Waals surface area contributed by atoms with Crippen LogP contribution < -0.4 is 9.47 Å². The van der Waals surface area contributed by atoms with E-state index in [0.29, 0.717) is 46.5 Å². The van der Waals surface area contributed by atoms with Gasteiger partial charge in [0, 0.05) is 34.9 Å². The maximum atomic E-state index is 13.5. The van der Waals surface area contributed by atoms with E-state index in [1.807, 2.05) is 36.4 Å². The first kappa shape index (κ1) is 21.8. The number of hydrogen-bond acceptors (Lipinski definition) is 6. The van der Waals surface area contributed by atoms with Crippen molar-refractivity contribution in [2.24, 2.45) is 5.41 Å². The maximum absolute atomic E-state index is 13.5. The number of hydrogen-bond donors (Lipinski definition) is 0. The SMILES string of the molecule is COc1ccc(C2C3=C(CC(C)(C)CC3=O)Oc3ncn4nc(-c5ccc(Cl)cc5)nc4c32)cc1. The Morgan fingerprint density at radius 3 is 2.54 bits per heavy atom. The summed E-state index contributed by atoms with van der Waals surface area (Å²) in [4.78, 5) is 23.0. The molecule has 3 heterocycles. The Bertz CT molecular complexity index is 1500. The Hall–Kier alpha value is -3.71. The van der Waals surface area contributed by atoms with Crippen LogP contribution in [0.15, 0.2) is 66.2 Å². The van der Waals surface area contributed by atoms with Crippen LogP contribution in [0.1, 0.15) is 43.7 Å². The smallest absolute Gasteiger partial charge is 0.228 e. The molecular weight excluding hydrogens is 464 g/mol. The molecule has 7 nitrogen and oxygen atoms in total. The maximum Gasteiger partial charge on any atom is 0.228 e. The van der Waals surface area contributed by atoms with Crippen LogP contribution in [0.2, 0.25) is 5.02 Å². The lowest BCUT2D eigenvalue weighted by Gasteiger charge is -2.37. The third-order valence-electron chi connectivity index (χ3n) is 6.61. The molecule has 0 saturated carbocycles. The van der Waals surface area contributed by atoms with E-state index in [9.17, 15) is 4.79 Å². The summed E-state index contributed by atoms with van der Waals surface area (Å²) < 4.78 is 13.3. The van der Waals surface area contributed by atoms with Crippen LogP contribution in [0.25, 0.3) is 17.0 Å². The lowest BCUT2D eigenvalue weighted by molar-refractivity contribution is -0.118. The summed E-state index contributed by atoms with van der Waals surface area (Å²) in [6, 6.07) is 15.1. The Morgan fingerprint density at radius 2 is 1.83 bits per heavy atom. The van der Waals surface area contributed by atoms with E-state index < -0.39 is 0 Å². The van der Waals surface area contributed by atoms with Crippen molar-refractivity contribution in [2.45, 2.75) is 32.6 Å². The highest BCUT2D eigenvalue weighted by Crippen LogP contribution is 2.50. The molecule has 0 N–H and O–H groups in total. The average Bonchev–Trinajstić information content (AvgIpc) is 3.27. The number of ketones is 1. The monoisotopic (exact) mass is 486 g/mol. The third kappa shape index (κ3) is 3.67. The topological polar surface area (TPSA) is 78.6 Å². The van der Waals surface area contributed by atoms with Crippen molar-refractivity contribution in [3.8, 4) is 23.0 Å². The number of ether oxygens (including phenoxy) is 2. The van der Waals surface area contributed by atoms with E-state index in [-0.39, 0.29) is 17.1 Å². The molecular formula is C27H23ClN4O3. The van der Waals surface area contributed by atoms with Crippen LogP contribution in [0.3, 0.4) is 0 Å². The molecule has 1 aliphatic carbocycles. The number of Topliss-reactive ketones (excluding diaryl/α,β-unsaturated/α-hetero) is 1. The van der Waals surface area contributed by atoms with Crippen LogP contribution in [0.4, 0.5) is 0 Å². The van der Waals surface area contributed by atoms with E-state index in [1.165, 1.54) is 0 Å². The second kappa shape index (κ2) is 7.92. The number of rotatable bonds is 3. The minimum Gasteiger partial charge on any atom is -0.497 e. The molecule has 176 valence electrons. The lowest BCUT2D eigenvalue weighted by Crippen LogP contribution is -2.33. The van der Waals surface area contributed by atoms with Gasteiger partial charge < -0.3 is 9.47 Å². The summed E-state index contributed by atoms with van der Waals surface area (Å²) in [6.07, 6.45) is 2.72. The van der Waals surface area contributed by atoms with Crippen molar-refractivity contribution in [1.29, 1.82) is 0 Å². The molecule has 0 radical (unpaired) electrons. The van der Waals surface area contributed by atoms with Gasteiger partial charge in [0.15, 0.2) is 17.3 Å². The fourth-order valence-electron chi connectivity index (χ4n) is 5.00. The molecule has 1 unspecified atom stereocenters. The Labute approximate surface area is 207 Å². The number of carbonyl (C=O) groups is 1. The molecule has 0 spiro atoms. The largest absolute Gasteiger partial charge is 0.497 e. The average molecular weight is 487 g/mol. The minimum atomic E-state index is -0.373. The van der Waals surface area contributed by atoms with Gasteiger partial charge in [-0.05, 0) is 47.4 Å². The Balaban J connectivity index is 1.58. The van der Waals surface area contributed by atoms with Gasteiger partial charge in [0.1, 0.15) is 17.8 Å². The van der Waals surface area contributed by atoms with Crippen molar-refractivity contribution in [2.75, 3.05) is 7.11 Å². The normalized spacial score (nSPS) is 18.7. The zero-order valence-electron chi connectivity index (χ0n) is 19.6. The first-order valence-corrected chi connectivity index (χ1v) is 11.8. The van der Waals surface area contributed by atoms with Gasteiger partial charge in [0.2, 0.25) is 5.88 Å². The fraction of sp³-hybridized carbons (Fsp3) is 0.259. The second-order valence-corrected chi connectivity index (χ2v) is 10.2. The zero-order valence-corrected chi connectivity index (χ0v) is 20.3. The van der Waals surface area contributed by atoms with Gasteiger partial charge in [-0.2, -0.15) is 0 Å². The van der Waals surface area contributed by atoms with Crippen molar-refractivity contribution in [1.82, 2.24) is 19.6 Å². The molecule has 2 aliphatic rings. The number of fused-ring (bicyclic) bond motifs is 3. The molecule has 35 heavy (non-hydrogen) atoms. The predicted octanol–water partition coefficient (Wildman–Crippen LogP) is 5.62. The number of carbonyl (C=O) groups excluding carboxylic acids is 1. The van der Waals surface area contributed by atoms with Crippen molar-refractivity contribution < 1.29 is 14.3 Å². The third-order valence-corrected chi connectivity index (χ3v) is 6.87. The molecule has 2 aromatic carbocycles. The second-order valence-electron chi connectivity index (χ2n) is 9.76. The van der Waals surface area contributed by atoms with E-state index in [1.54, 1.807) is 30.1 Å². The van der Waals surface area contributed by atoms with Gasteiger partial charge in [0.05, 0.1) is 12.7 Å². The number of allylic oxidation sites excluding steroid dienone is 2. The zero-order chi connectivity index (χ0) is 24.3. The van der Waals surface area contributed by atoms with Crippen LogP contribution >= 0.6 is 11.6 Å². The number of halogens is 1. The molecule has 4 aromatic rings. The molecule has 2 aromatic heterocycles. The van der Waals surface area contributed by atoms with E-state index in [2.05, 4.69) is 23.9 Å². The van der Waals surface area contributed by atoms with Gasteiger partial charge in [-0.1, -0.05) is 37.6 Å². The molecule has 0 bridgehead atoms. The molecule has 6 rings (SSSR count). The van der Waals surface area contributed by atoms with Gasteiger partial charge in [0.25, 0.3) is 0 Å². The molecule has 0 saturated heterocycles. The summed E-state index contributed by atoms with van der Waals surface area (Å²) in [5.41, 5.74) is 3.61. The van der Waals surface area contributed by atoms with E-state index in [0.717, 1.165) is 22.4 Å². The van der Waals surface area contributed by atoms with Gasteiger partial charge in [-0.25, -0.2) is 14.5 Å². The van der Waals surface area contributed by atoms with Gasteiger partial charge in [-0.15, -0.1) is 5.10 Å². The highest BCUT2D eigenvalue weighted by atomic mass is 35.5. The van der Waals surface area contributed by atoms with Crippen LogP contribution in [0.5, 0.6) is 11.6 Å². The Kier molecular flexibility index (Phi) is 4.93. The van der Waals surface area contributed by atoms with Crippen LogP contribution in [0, 0.1) is 5.41 Å². The first-order chi connectivity index (χ1) is 16.8.